The number of carbonyl (C=O) groups excluding carboxylic acids is 1. The van der Waals surface area contributed by atoms with E-state index in [0.717, 1.165) is 48.2 Å². The Morgan fingerprint density at radius 3 is 2.91 bits per heavy atom. The first-order valence-electron chi connectivity index (χ1n) is 10.6. The molecule has 0 aromatic carbocycles. The first-order chi connectivity index (χ1) is 15.7. The summed E-state index contributed by atoms with van der Waals surface area (Å²) in [6.45, 7) is 4.04. The summed E-state index contributed by atoms with van der Waals surface area (Å²) in [6, 6.07) is 13.7. The van der Waals surface area contributed by atoms with Crippen LogP contribution in [0.4, 0.5) is 0 Å². The van der Waals surface area contributed by atoms with E-state index in [1.165, 1.54) is 0 Å². The van der Waals surface area contributed by atoms with Crippen LogP contribution < -0.4 is 5.32 Å². The maximum absolute atomic E-state index is 12.7. The highest BCUT2D eigenvalue weighted by Crippen LogP contribution is 2.24. The molecular formula is C23H25N7OS. The van der Waals surface area contributed by atoms with Gasteiger partial charge < -0.3 is 5.32 Å². The second-order valence-corrected chi connectivity index (χ2v) is 9.05. The molecular weight excluding hydrogens is 422 g/mol. The van der Waals surface area contributed by atoms with Crippen LogP contribution in [0.3, 0.4) is 0 Å². The van der Waals surface area contributed by atoms with E-state index in [1.807, 2.05) is 52.5 Å². The Morgan fingerprint density at radius 2 is 2.09 bits per heavy atom. The van der Waals surface area contributed by atoms with Crippen LogP contribution in [0.25, 0.3) is 5.65 Å². The number of thiophene rings is 1. The van der Waals surface area contributed by atoms with Gasteiger partial charge in [0.2, 0.25) is 0 Å². The summed E-state index contributed by atoms with van der Waals surface area (Å²) in [5, 5.41) is 13.8. The molecule has 164 valence electrons. The summed E-state index contributed by atoms with van der Waals surface area (Å²) in [6.07, 6.45) is 3.68. The molecule has 4 aromatic rings. The van der Waals surface area contributed by atoms with Crippen LogP contribution in [0.15, 0.2) is 60.2 Å². The largest absolute Gasteiger partial charge is 0.347 e. The van der Waals surface area contributed by atoms with Gasteiger partial charge in [-0.3, -0.25) is 24.0 Å². The van der Waals surface area contributed by atoms with Gasteiger partial charge in [0.15, 0.2) is 11.5 Å². The number of nitrogens with zero attached hydrogens (tertiary/aromatic N) is 6. The van der Waals surface area contributed by atoms with Gasteiger partial charge in [-0.15, -0.1) is 21.5 Å². The first kappa shape index (κ1) is 20.7. The lowest BCUT2D eigenvalue weighted by Crippen LogP contribution is -2.46. The summed E-state index contributed by atoms with van der Waals surface area (Å²) >= 11 is 1.63. The Morgan fingerprint density at radius 1 is 1.16 bits per heavy atom. The smallest absolute Gasteiger partial charge is 0.253 e. The van der Waals surface area contributed by atoms with Gasteiger partial charge in [0, 0.05) is 43.4 Å². The molecule has 1 unspecified atom stereocenters. The van der Waals surface area contributed by atoms with Gasteiger partial charge in [-0.1, -0.05) is 12.1 Å². The van der Waals surface area contributed by atoms with Crippen molar-refractivity contribution < 1.29 is 4.79 Å². The zero-order chi connectivity index (χ0) is 21.9. The number of carbonyl (C=O) groups is 1. The number of hydrogen-bond acceptors (Lipinski definition) is 7. The molecule has 1 atom stereocenters. The molecule has 1 aliphatic rings. The summed E-state index contributed by atoms with van der Waals surface area (Å²) in [5.41, 5.74) is 2.40. The second kappa shape index (κ2) is 9.15. The predicted molar refractivity (Wildman–Crippen MR) is 123 cm³/mol. The van der Waals surface area contributed by atoms with Crippen LogP contribution >= 0.6 is 11.3 Å². The van der Waals surface area contributed by atoms with Crippen molar-refractivity contribution >= 4 is 22.9 Å². The van der Waals surface area contributed by atoms with Gasteiger partial charge in [0.05, 0.1) is 23.8 Å². The van der Waals surface area contributed by atoms with E-state index in [2.05, 4.69) is 43.4 Å². The van der Waals surface area contributed by atoms with Crippen LogP contribution in [0, 0.1) is 0 Å². The van der Waals surface area contributed by atoms with E-state index in [0.29, 0.717) is 12.1 Å². The lowest BCUT2D eigenvalue weighted by molar-refractivity contribution is 0.0844. The number of amides is 1. The Bertz CT molecular complexity index is 1190. The normalized spacial score (nSPS) is 17.6. The average Bonchev–Trinajstić information content (AvgIpc) is 3.49. The monoisotopic (exact) mass is 447 g/mol. The molecule has 1 N–H and O–H groups in total. The van der Waals surface area contributed by atoms with E-state index in [1.54, 1.807) is 17.4 Å². The molecule has 5 rings (SSSR count). The van der Waals surface area contributed by atoms with Crippen molar-refractivity contribution in [2.45, 2.75) is 19.1 Å². The fourth-order valence-electron chi connectivity index (χ4n) is 4.03. The van der Waals surface area contributed by atoms with Crippen molar-refractivity contribution in [3.63, 3.8) is 0 Å². The Kier molecular flexibility index (Phi) is 5.93. The highest BCUT2D eigenvalue weighted by Gasteiger charge is 2.29. The topological polar surface area (TPSA) is 78.7 Å². The van der Waals surface area contributed by atoms with Crippen molar-refractivity contribution in [2.75, 3.05) is 26.7 Å². The maximum Gasteiger partial charge on any atom is 0.253 e. The Balaban J connectivity index is 1.35. The molecule has 4 aromatic heterocycles. The van der Waals surface area contributed by atoms with E-state index >= 15 is 0 Å². The molecule has 0 aliphatic carbocycles. The molecule has 0 saturated carbocycles. The van der Waals surface area contributed by atoms with E-state index < -0.39 is 0 Å². The van der Waals surface area contributed by atoms with Gasteiger partial charge in [-0.2, -0.15) is 0 Å². The molecule has 32 heavy (non-hydrogen) atoms. The number of nitrogens with one attached hydrogen (secondary N) is 1. The third-order valence-electron chi connectivity index (χ3n) is 5.84. The second-order valence-electron chi connectivity index (χ2n) is 8.02. The fourth-order valence-corrected chi connectivity index (χ4v) is 4.67. The summed E-state index contributed by atoms with van der Waals surface area (Å²) < 4.78 is 1.95. The average molecular weight is 448 g/mol. The van der Waals surface area contributed by atoms with Crippen molar-refractivity contribution in [1.29, 1.82) is 0 Å². The molecule has 8 nitrogen and oxygen atoms in total. The molecule has 9 heteroatoms. The number of likely N-dealkylation sites (N-methyl/N-ethyl adjacent to an activating group) is 1. The standard InChI is InChI=1S/C23H25N7OS/c1-28-10-11-29(15-18-5-2-3-9-24-18)16-20(28)22-27-26-21-8-7-17(14-30(21)22)23(31)25-13-19-6-4-12-32-19/h2-9,12,14,20H,10-11,13,15-16H2,1H3,(H,25,31). The van der Waals surface area contributed by atoms with Gasteiger partial charge in [-0.25, -0.2) is 0 Å². The van der Waals surface area contributed by atoms with Crippen molar-refractivity contribution in [2.24, 2.45) is 0 Å². The van der Waals surface area contributed by atoms with Gasteiger partial charge in [0.1, 0.15) is 0 Å². The van der Waals surface area contributed by atoms with Crippen LogP contribution in [0.5, 0.6) is 0 Å². The minimum Gasteiger partial charge on any atom is -0.347 e. The summed E-state index contributed by atoms with van der Waals surface area (Å²) in [5.74, 6) is 0.745. The molecule has 1 aliphatic heterocycles. The predicted octanol–water partition coefficient (Wildman–Crippen LogP) is 2.60. The minimum absolute atomic E-state index is 0.0758. The third-order valence-corrected chi connectivity index (χ3v) is 6.71. The molecule has 1 saturated heterocycles. The molecule has 0 radical (unpaired) electrons. The molecule has 1 amide bonds. The zero-order valence-electron chi connectivity index (χ0n) is 17.9. The van der Waals surface area contributed by atoms with Crippen LogP contribution in [-0.2, 0) is 13.1 Å². The minimum atomic E-state index is -0.103. The van der Waals surface area contributed by atoms with Crippen LogP contribution in [0.2, 0.25) is 0 Å². The maximum atomic E-state index is 12.7. The zero-order valence-corrected chi connectivity index (χ0v) is 18.7. The van der Waals surface area contributed by atoms with Gasteiger partial charge in [0.25, 0.3) is 5.91 Å². The number of aromatic nitrogens is 4. The Labute approximate surface area is 190 Å². The summed E-state index contributed by atoms with van der Waals surface area (Å²) in [7, 11) is 2.11. The van der Waals surface area contributed by atoms with Crippen molar-refractivity contribution in [3.8, 4) is 0 Å². The molecule has 0 spiro atoms. The fraction of sp³-hybridized carbons (Fsp3) is 0.304. The van der Waals surface area contributed by atoms with Crippen molar-refractivity contribution in [3.05, 3.63) is 82.2 Å². The summed E-state index contributed by atoms with van der Waals surface area (Å²) in [4.78, 5) is 23.0. The highest BCUT2D eigenvalue weighted by molar-refractivity contribution is 7.09. The molecule has 0 bridgehead atoms. The van der Waals surface area contributed by atoms with Crippen molar-refractivity contribution in [1.82, 2.24) is 34.7 Å². The number of hydrogen-bond donors (Lipinski definition) is 1. The third kappa shape index (κ3) is 4.40. The lowest BCUT2D eigenvalue weighted by Gasteiger charge is -2.38. The first-order valence-corrected chi connectivity index (χ1v) is 11.5. The van der Waals surface area contributed by atoms with Gasteiger partial charge in [-0.05, 0) is 42.8 Å². The van der Waals surface area contributed by atoms with Crippen LogP contribution in [0.1, 0.15) is 32.8 Å². The number of rotatable bonds is 6. The van der Waals surface area contributed by atoms with E-state index in [9.17, 15) is 4.79 Å². The number of fused-ring (bicyclic) bond motifs is 1. The van der Waals surface area contributed by atoms with Gasteiger partial charge >= 0.3 is 0 Å². The van der Waals surface area contributed by atoms with Crippen LogP contribution in [-0.4, -0.2) is 62.0 Å². The molecule has 1 fully saturated rings. The number of piperazine rings is 1. The SMILES string of the molecule is CN1CCN(Cc2ccccn2)CC1c1nnc2ccc(C(=O)NCc3cccs3)cn12. The van der Waals surface area contributed by atoms with E-state index in [4.69, 9.17) is 0 Å². The van der Waals surface area contributed by atoms with E-state index in [-0.39, 0.29) is 11.9 Å². The lowest BCUT2D eigenvalue weighted by atomic mass is 10.1. The quantitative estimate of drug-likeness (QED) is 0.490. The molecule has 5 heterocycles. The number of pyridine rings is 2. The highest BCUT2D eigenvalue weighted by atomic mass is 32.1. The Hall–Kier alpha value is -3.14.